The first-order valence-electron chi connectivity index (χ1n) is 12.8. The molecule has 4 rings (SSSR count). The van der Waals surface area contributed by atoms with Crippen molar-refractivity contribution in [3.8, 4) is 0 Å². The Morgan fingerprint density at radius 2 is 1.32 bits per heavy atom. The minimum absolute atomic E-state index is 0.0439. The van der Waals surface area contributed by atoms with Crippen molar-refractivity contribution in [3.63, 3.8) is 0 Å². The van der Waals surface area contributed by atoms with Crippen LogP contribution < -0.4 is 0 Å². The first-order chi connectivity index (χ1) is 18.1. The van der Waals surface area contributed by atoms with E-state index in [1.165, 1.54) is 0 Å². The van der Waals surface area contributed by atoms with Crippen LogP contribution in [0, 0.1) is 0 Å². The average molecular weight is 511 g/mol. The number of nitrogens with zero attached hydrogens (tertiary/aromatic N) is 2. The average Bonchev–Trinajstić information content (AvgIpc) is 3.46. The van der Waals surface area contributed by atoms with Crippen LogP contribution in [-0.4, -0.2) is 34.2 Å². The summed E-state index contributed by atoms with van der Waals surface area (Å²) < 4.78 is 0. The van der Waals surface area contributed by atoms with E-state index in [0.29, 0.717) is 13.1 Å². The van der Waals surface area contributed by atoms with Gasteiger partial charge in [0.15, 0.2) is 0 Å². The molecule has 190 valence electrons. The molecule has 0 N–H and O–H groups in total. The summed E-state index contributed by atoms with van der Waals surface area (Å²) in [4.78, 5) is 32.8. The van der Waals surface area contributed by atoms with Crippen molar-refractivity contribution >= 4 is 23.2 Å². The maximum Gasteiger partial charge on any atom is 0.242 e. The lowest BCUT2D eigenvalue weighted by atomic mass is 9.89. The zero-order valence-corrected chi connectivity index (χ0v) is 22.3. The fourth-order valence-electron chi connectivity index (χ4n) is 4.48. The largest absolute Gasteiger partial charge is 0.332 e. The van der Waals surface area contributed by atoms with Crippen LogP contribution in [0.1, 0.15) is 47.8 Å². The van der Waals surface area contributed by atoms with Crippen LogP contribution in [-0.2, 0) is 22.7 Å². The molecule has 37 heavy (non-hydrogen) atoms. The van der Waals surface area contributed by atoms with Gasteiger partial charge >= 0.3 is 0 Å². The van der Waals surface area contributed by atoms with Gasteiger partial charge < -0.3 is 9.80 Å². The predicted octanol–water partition coefficient (Wildman–Crippen LogP) is 6.74. The van der Waals surface area contributed by atoms with Crippen molar-refractivity contribution in [2.24, 2.45) is 0 Å². The minimum atomic E-state index is -0.468. The molecule has 2 amide bonds. The van der Waals surface area contributed by atoms with Crippen LogP contribution in [0.3, 0.4) is 0 Å². The van der Waals surface area contributed by atoms with E-state index in [1.54, 1.807) is 16.2 Å². The van der Waals surface area contributed by atoms with Gasteiger partial charge in [0.25, 0.3) is 0 Å². The van der Waals surface area contributed by atoms with Gasteiger partial charge in [0.1, 0.15) is 6.54 Å². The molecule has 0 radical (unpaired) electrons. The van der Waals surface area contributed by atoms with E-state index in [-0.39, 0.29) is 24.4 Å². The summed E-state index contributed by atoms with van der Waals surface area (Å²) in [6.07, 6.45) is 0.763. The number of amides is 2. The van der Waals surface area contributed by atoms with Crippen LogP contribution in [0.15, 0.2) is 109 Å². The maximum absolute atomic E-state index is 14.2. The van der Waals surface area contributed by atoms with E-state index >= 15 is 0 Å². The number of thiophene rings is 1. The monoisotopic (exact) mass is 510 g/mol. The van der Waals surface area contributed by atoms with Crippen LogP contribution in [0.5, 0.6) is 0 Å². The van der Waals surface area contributed by atoms with Gasteiger partial charge in [0.2, 0.25) is 11.8 Å². The molecule has 0 bridgehead atoms. The van der Waals surface area contributed by atoms with Gasteiger partial charge in [-0.3, -0.25) is 9.59 Å². The van der Waals surface area contributed by atoms with Crippen molar-refractivity contribution in [1.29, 1.82) is 0 Å². The molecule has 5 heteroatoms. The normalized spacial score (nSPS) is 11.8. The van der Waals surface area contributed by atoms with E-state index in [1.807, 2.05) is 120 Å². The summed E-state index contributed by atoms with van der Waals surface area (Å²) >= 11 is 1.64. The number of carbonyl (C=O) groups excluding carboxylic acids is 2. The molecule has 4 aromatic rings. The van der Waals surface area contributed by atoms with E-state index in [9.17, 15) is 9.59 Å². The molecule has 0 fully saturated rings. The number of benzene rings is 3. The zero-order chi connectivity index (χ0) is 26.0. The molecule has 0 aliphatic rings. The maximum atomic E-state index is 14.2. The van der Waals surface area contributed by atoms with Crippen molar-refractivity contribution in [2.75, 3.05) is 6.54 Å². The van der Waals surface area contributed by atoms with Gasteiger partial charge in [-0.2, -0.15) is 0 Å². The summed E-state index contributed by atoms with van der Waals surface area (Å²) in [6.45, 7) is 5.15. The van der Waals surface area contributed by atoms with Gasteiger partial charge in [-0.25, -0.2) is 0 Å². The fraction of sp³-hybridized carbons (Fsp3) is 0.250. The van der Waals surface area contributed by atoms with Gasteiger partial charge in [-0.1, -0.05) is 104 Å². The van der Waals surface area contributed by atoms with Crippen molar-refractivity contribution in [1.82, 2.24) is 9.80 Å². The molecule has 4 nitrogen and oxygen atoms in total. The molecule has 3 aromatic carbocycles. The molecule has 0 aliphatic carbocycles. The number of rotatable bonds is 11. The van der Waals surface area contributed by atoms with E-state index in [0.717, 1.165) is 28.0 Å². The highest BCUT2D eigenvalue weighted by Gasteiger charge is 2.32. The SMILES string of the molecule is CC[C@H](C)N(CC(=O)N(Cc1ccccc1)Cc1cccs1)C(=O)C(c1ccccc1)c1ccccc1. The number of hydrogen-bond acceptors (Lipinski definition) is 3. The first-order valence-corrected chi connectivity index (χ1v) is 13.7. The topological polar surface area (TPSA) is 40.6 Å². The Bertz CT molecular complexity index is 1200. The zero-order valence-electron chi connectivity index (χ0n) is 21.5. The van der Waals surface area contributed by atoms with E-state index in [4.69, 9.17) is 0 Å². The van der Waals surface area contributed by atoms with E-state index in [2.05, 4.69) is 6.92 Å². The molecule has 1 atom stereocenters. The predicted molar refractivity (Wildman–Crippen MR) is 151 cm³/mol. The summed E-state index contributed by atoms with van der Waals surface area (Å²) in [7, 11) is 0. The highest BCUT2D eigenvalue weighted by molar-refractivity contribution is 7.09. The third kappa shape index (κ3) is 6.95. The highest BCUT2D eigenvalue weighted by Crippen LogP contribution is 2.28. The Labute approximate surface area is 224 Å². The van der Waals surface area contributed by atoms with Crippen LogP contribution in [0.25, 0.3) is 0 Å². The Morgan fingerprint density at radius 1 is 0.757 bits per heavy atom. The molecule has 0 saturated heterocycles. The first kappa shape index (κ1) is 26.4. The molecular formula is C32H34N2O2S. The second-order valence-electron chi connectivity index (χ2n) is 9.29. The molecular weight excluding hydrogens is 476 g/mol. The molecule has 0 aliphatic heterocycles. The van der Waals surface area contributed by atoms with Crippen LogP contribution in [0.4, 0.5) is 0 Å². The standard InChI is InChI=1S/C32H34N2O2S/c1-3-25(2)34(32(36)31(27-16-9-5-10-17-27)28-18-11-6-12-19-28)24-30(35)33(23-29-20-13-21-37-29)22-26-14-7-4-8-15-26/h4-21,25,31H,3,22-24H2,1-2H3/t25-/m0/s1. The summed E-state index contributed by atoms with van der Waals surface area (Å²) in [5, 5.41) is 2.03. The summed E-state index contributed by atoms with van der Waals surface area (Å²) in [6, 6.07) is 33.7. The van der Waals surface area contributed by atoms with Crippen molar-refractivity contribution in [2.45, 2.75) is 45.3 Å². The third-order valence-electron chi connectivity index (χ3n) is 6.72. The van der Waals surface area contributed by atoms with Crippen LogP contribution in [0.2, 0.25) is 0 Å². The Balaban J connectivity index is 1.63. The molecule has 1 heterocycles. The quantitative estimate of drug-likeness (QED) is 0.224. The smallest absolute Gasteiger partial charge is 0.242 e. The van der Waals surface area contributed by atoms with E-state index < -0.39 is 5.92 Å². The van der Waals surface area contributed by atoms with Gasteiger partial charge in [0.05, 0.1) is 12.5 Å². The lowest BCUT2D eigenvalue weighted by Gasteiger charge is -2.34. The molecule has 1 aromatic heterocycles. The van der Waals surface area contributed by atoms with Crippen molar-refractivity contribution in [3.05, 3.63) is 130 Å². The molecule has 0 spiro atoms. The Morgan fingerprint density at radius 3 is 1.84 bits per heavy atom. The summed E-state index contributed by atoms with van der Waals surface area (Å²) in [5.41, 5.74) is 2.93. The Kier molecular flexibility index (Phi) is 9.28. The second-order valence-corrected chi connectivity index (χ2v) is 10.3. The van der Waals surface area contributed by atoms with Gasteiger partial charge in [-0.15, -0.1) is 11.3 Å². The summed E-state index contributed by atoms with van der Waals surface area (Å²) in [5.74, 6) is -0.564. The lowest BCUT2D eigenvalue weighted by molar-refractivity contribution is -0.143. The van der Waals surface area contributed by atoms with Crippen molar-refractivity contribution < 1.29 is 9.59 Å². The van der Waals surface area contributed by atoms with Crippen LogP contribution >= 0.6 is 11.3 Å². The molecule has 0 unspecified atom stereocenters. The lowest BCUT2D eigenvalue weighted by Crippen LogP contribution is -2.48. The number of carbonyl (C=O) groups is 2. The number of hydrogen-bond donors (Lipinski definition) is 0. The fourth-order valence-corrected chi connectivity index (χ4v) is 5.20. The van der Waals surface area contributed by atoms with Gasteiger partial charge in [0, 0.05) is 17.5 Å². The highest BCUT2D eigenvalue weighted by atomic mass is 32.1. The van der Waals surface area contributed by atoms with Gasteiger partial charge in [-0.05, 0) is 41.5 Å². The third-order valence-corrected chi connectivity index (χ3v) is 7.58. The minimum Gasteiger partial charge on any atom is -0.332 e. The molecule has 0 saturated carbocycles. The Hall–Kier alpha value is -3.70. The second kappa shape index (κ2) is 13.0.